The zero-order valence-electron chi connectivity index (χ0n) is 19.2. The molecule has 184 valence electrons. The molecule has 5 nitrogen and oxygen atoms in total. The molecule has 9 heteroatoms. The van der Waals surface area contributed by atoms with Crippen molar-refractivity contribution in [3.8, 4) is 28.4 Å². The highest BCUT2D eigenvalue weighted by Gasteiger charge is 2.34. The summed E-state index contributed by atoms with van der Waals surface area (Å²) >= 11 is 1.08. The number of benzene rings is 3. The summed E-state index contributed by atoms with van der Waals surface area (Å²) in [5.41, 5.74) is 1.07. The van der Waals surface area contributed by atoms with Gasteiger partial charge >= 0.3 is 18.3 Å². The van der Waals surface area contributed by atoms with Crippen LogP contribution in [0.25, 0.3) is 31.3 Å². The van der Waals surface area contributed by atoms with E-state index >= 15 is 0 Å². The third-order valence-corrected chi connectivity index (χ3v) is 6.24. The van der Waals surface area contributed by atoms with Crippen molar-refractivity contribution < 1.29 is 37.0 Å². The summed E-state index contributed by atoms with van der Waals surface area (Å²) < 4.78 is 56.1. The van der Waals surface area contributed by atoms with Gasteiger partial charge in [0, 0.05) is 32.2 Å². The average molecular weight is 513 g/mol. The zero-order valence-corrected chi connectivity index (χ0v) is 20.0. The Labute approximate surface area is 208 Å². The highest BCUT2D eigenvalue weighted by molar-refractivity contribution is 7.26. The van der Waals surface area contributed by atoms with Crippen LogP contribution in [-0.2, 0) is 9.59 Å². The van der Waals surface area contributed by atoms with Crippen molar-refractivity contribution in [1.82, 2.24) is 0 Å². The van der Waals surface area contributed by atoms with E-state index in [1.807, 2.05) is 0 Å². The van der Waals surface area contributed by atoms with Gasteiger partial charge in [0.25, 0.3) is 0 Å². The molecule has 0 fully saturated rings. The van der Waals surface area contributed by atoms with Gasteiger partial charge in [-0.05, 0) is 55.8 Å². The van der Waals surface area contributed by atoms with E-state index in [1.54, 1.807) is 30.3 Å². The highest BCUT2D eigenvalue weighted by Crippen LogP contribution is 2.47. The van der Waals surface area contributed by atoms with E-state index in [2.05, 4.69) is 17.9 Å². The van der Waals surface area contributed by atoms with Gasteiger partial charge in [0.05, 0.1) is 4.70 Å². The Balaban J connectivity index is 1.81. The summed E-state index contributed by atoms with van der Waals surface area (Å²) in [4.78, 5) is 23.6. The Kier molecular flexibility index (Phi) is 6.60. The minimum Gasteiger partial charge on any atom is -0.423 e. The van der Waals surface area contributed by atoms with Gasteiger partial charge in [-0.25, -0.2) is 9.59 Å². The second-order valence-electron chi connectivity index (χ2n) is 7.99. The molecule has 1 aromatic heterocycles. The number of ether oxygens (including phenoxy) is 3. The molecule has 0 bridgehead atoms. The van der Waals surface area contributed by atoms with Crippen LogP contribution < -0.4 is 14.2 Å². The number of hydrogen-bond donors (Lipinski definition) is 0. The van der Waals surface area contributed by atoms with Crippen molar-refractivity contribution in [3.63, 3.8) is 0 Å². The highest BCUT2D eigenvalue weighted by atomic mass is 32.1. The van der Waals surface area contributed by atoms with Crippen molar-refractivity contribution in [1.29, 1.82) is 0 Å². The van der Waals surface area contributed by atoms with Gasteiger partial charge in [0.1, 0.15) is 11.5 Å². The third kappa shape index (κ3) is 5.26. The first-order valence-corrected chi connectivity index (χ1v) is 11.4. The summed E-state index contributed by atoms with van der Waals surface area (Å²) in [6.07, 6.45) is -4.93. The molecular weight excluding hydrogens is 493 g/mol. The standard InChI is InChI=1S/C27H19F3O5S/c1-14(2)25(31)33-17-7-5-16(6-8-17)19-11-12-21-20-10-9-18(34-26(32)15(3)4)13-22(20)36-24(21)23(19)35-27(28,29)30/h5-13H,1,3H2,2,4H3. The number of hydrogen-bond acceptors (Lipinski definition) is 6. The first kappa shape index (κ1) is 25.0. The molecule has 3 aromatic carbocycles. The normalized spacial score (nSPS) is 11.4. The summed E-state index contributed by atoms with van der Waals surface area (Å²) in [5.74, 6) is -1.08. The number of thiophene rings is 1. The van der Waals surface area contributed by atoms with E-state index in [4.69, 9.17) is 9.47 Å². The fourth-order valence-electron chi connectivity index (χ4n) is 3.39. The van der Waals surface area contributed by atoms with E-state index in [-0.39, 0.29) is 38.7 Å². The molecule has 0 radical (unpaired) electrons. The first-order chi connectivity index (χ1) is 16.9. The van der Waals surface area contributed by atoms with Crippen LogP contribution in [0.15, 0.2) is 78.9 Å². The minimum atomic E-state index is -4.93. The Morgan fingerprint density at radius 2 is 1.36 bits per heavy atom. The summed E-state index contributed by atoms with van der Waals surface area (Å²) in [6, 6.07) is 14.1. The molecular formula is C27H19F3O5S. The molecule has 1 heterocycles. The fourth-order valence-corrected chi connectivity index (χ4v) is 4.61. The van der Waals surface area contributed by atoms with Gasteiger partial charge in [0.2, 0.25) is 0 Å². The van der Waals surface area contributed by atoms with Crippen LogP contribution in [-0.4, -0.2) is 18.3 Å². The predicted octanol–water partition coefficient (Wildman–Crippen LogP) is 7.58. The molecule has 0 N–H and O–H groups in total. The largest absolute Gasteiger partial charge is 0.573 e. The van der Waals surface area contributed by atoms with Crippen LogP contribution in [0.5, 0.6) is 17.2 Å². The lowest BCUT2D eigenvalue weighted by Crippen LogP contribution is -2.17. The predicted molar refractivity (Wildman–Crippen MR) is 132 cm³/mol. The Morgan fingerprint density at radius 3 is 1.94 bits per heavy atom. The van der Waals surface area contributed by atoms with Crippen molar-refractivity contribution in [2.75, 3.05) is 0 Å². The number of carbonyl (C=O) groups is 2. The molecule has 0 aliphatic carbocycles. The second-order valence-corrected chi connectivity index (χ2v) is 9.04. The minimum absolute atomic E-state index is 0.207. The van der Waals surface area contributed by atoms with Crippen LogP contribution in [0.1, 0.15) is 13.8 Å². The molecule has 0 unspecified atom stereocenters. The maximum atomic E-state index is 13.4. The van der Waals surface area contributed by atoms with Crippen LogP contribution in [0.4, 0.5) is 13.2 Å². The van der Waals surface area contributed by atoms with Crippen molar-refractivity contribution in [2.45, 2.75) is 20.2 Å². The second kappa shape index (κ2) is 9.50. The number of carbonyl (C=O) groups excluding carboxylic acids is 2. The Morgan fingerprint density at radius 1 is 0.806 bits per heavy atom. The van der Waals surface area contributed by atoms with Crippen LogP contribution in [0.3, 0.4) is 0 Å². The van der Waals surface area contributed by atoms with Gasteiger partial charge in [-0.15, -0.1) is 24.5 Å². The first-order valence-electron chi connectivity index (χ1n) is 10.5. The smallest absolute Gasteiger partial charge is 0.423 e. The summed E-state index contributed by atoms with van der Waals surface area (Å²) in [7, 11) is 0. The molecule has 0 atom stereocenters. The maximum Gasteiger partial charge on any atom is 0.573 e. The summed E-state index contributed by atoms with van der Waals surface area (Å²) in [5, 5.41) is 1.24. The van der Waals surface area contributed by atoms with Crippen LogP contribution in [0, 0.1) is 0 Å². The number of esters is 2. The van der Waals surface area contributed by atoms with Gasteiger partial charge in [-0.1, -0.05) is 31.4 Å². The van der Waals surface area contributed by atoms with Gasteiger partial charge in [0.15, 0.2) is 5.75 Å². The van der Waals surface area contributed by atoms with Crippen molar-refractivity contribution in [3.05, 3.63) is 78.9 Å². The molecule has 0 saturated carbocycles. The monoisotopic (exact) mass is 512 g/mol. The zero-order chi connectivity index (χ0) is 26.2. The van der Waals surface area contributed by atoms with E-state index in [0.717, 1.165) is 11.3 Å². The number of rotatable bonds is 6. The third-order valence-electron chi connectivity index (χ3n) is 5.07. The van der Waals surface area contributed by atoms with E-state index < -0.39 is 18.3 Å². The van der Waals surface area contributed by atoms with E-state index in [0.29, 0.717) is 21.0 Å². The fraction of sp³-hybridized carbons (Fsp3) is 0.111. The summed E-state index contributed by atoms with van der Waals surface area (Å²) in [6.45, 7) is 10.1. The SMILES string of the molecule is C=C(C)C(=O)Oc1ccc(-c2ccc3c(sc4cc(OC(=O)C(=C)C)ccc43)c2OC(F)(F)F)cc1. The van der Waals surface area contributed by atoms with E-state index in [9.17, 15) is 22.8 Å². The Hall–Kier alpha value is -4.11. The van der Waals surface area contributed by atoms with Crippen LogP contribution >= 0.6 is 11.3 Å². The topological polar surface area (TPSA) is 61.8 Å². The molecule has 0 spiro atoms. The Bertz CT molecular complexity index is 1530. The molecule has 36 heavy (non-hydrogen) atoms. The number of alkyl halides is 3. The van der Waals surface area contributed by atoms with Crippen molar-refractivity contribution >= 4 is 43.4 Å². The lowest BCUT2D eigenvalue weighted by molar-refractivity contribution is -0.273. The molecule has 4 aromatic rings. The van der Waals surface area contributed by atoms with Gasteiger partial charge < -0.3 is 14.2 Å². The maximum absolute atomic E-state index is 13.4. The van der Waals surface area contributed by atoms with Crippen LogP contribution in [0.2, 0.25) is 0 Å². The number of fused-ring (bicyclic) bond motifs is 3. The molecule has 0 aliphatic rings. The average Bonchev–Trinajstić information content (AvgIpc) is 3.17. The quantitative estimate of drug-likeness (QED) is 0.151. The van der Waals surface area contributed by atoms with Gasteiger partial charge in [-0.3, -0.25) is 0 Å². The van der Waals surface area contributed by atoms with Crippen molar-refractivity contribution in [2.24, 2.45) is 0 Å². The molecule has 0 saturated heterocycles. The van der Waals surface area contributed by atoms with Gasteiger partial charge in [-0.2, -0.15) is 0 Å². The molecule has 0 amide bonds. The van der Waals surface area contributed by atoms with E-state index in [1.165, 1.54) is 38.1 Å². The lowest BCUT2D eigenvalue weighted by Gasteiger charge is -2.15. The lowest BCUT2D eigenvalue weighted by atomic mass is 10.0. The number of halogens is 3. The molecule has 4 rings (SSSR count). The molecule has 0 aliphatic heterocycles.